The molecular weight excluding hydrogens is 623 g/mol. The maximum absolute atomic E-state index is 5.49. The predicted molar refractivity (Wildman–Crippen MR) is 217 cm³/mol. The van der Waals surface area contributed by atoms with Crippen LogP contribution in [0.25, 0.3) is 0 Å². The molecule has 4 heteroatoms. The van der Waals surface area contributed by atoms with Crippen LogP contribution in [0.2, 0.25) is 0 Å². The SMILES string of the molecule is COCCCN1/C(=C/C=C2\CCC(=CCC3=Nc4ccc(C)cc4C3(C)C)C2=[N+](c2ccccc2)c2ccccc2)C(C)(C)c2cc(C)ccc21. The Balaban J connectivity index is 1.36. The van der Waals surface area contributed by atoms with Crippen LogP contribution in [-0.2, 0) is 15.6 Å². The Hall–Kier alpha value is -4.80. The fraction of sp³-hybridized carbons (Fsp3) is 0.319. The smallest absolute Gasteiger partial charge is 0.217 e. The number of methoxy groups -OCH3 is 1. The average molecular weight is 675 g/mol. The normalized spacial score (nSPS) is 19.6. The quantitative estimate of drug-likeness (QED) is 0.131. The Kier molecular flexibility index (Phi) is 9.56. The topological polar surface area (TPSA) is 27.8 Å². The molecule has 4 aromatic carbocycles. The molecule has 0 amide bonds. The molecule has 1 aliphatic carbocycles. The molecule has 260 valence electrons. The standard InChI is InChI=1S/C47H52N3O/c1-33-19-25-41-39(31-33)46(3,4)43(48-41)27-23-35-21-22-36(45(35)50(37-15-10-8-11-16-37)38-17-12-9-13-18-38)24-28-44-47(5,6)40-32-34(2)20-26-42(40)49(44)29-14-30-51-7/h8-13,15-20,23-26,28,31-32H,14,21-22,27,29-30H2,1-7H3/q+1. The van der Waals surface area contributed by atoms with Gasteiger partial charge >= 0.3 is 0 Å². The van der Waals surface area contributed by atoms with E-state index in [1.807, 2.05) is 0 Å². The summed E-state index contributed by atoms with van der Waals surface area (Å²) in [4.78, 5) is 7.72. The number of aryl methyl sites for hydroxylation is 2. The number of allylic oxidation sites excluding steroid dienone is 6. The van der Waals surface area contributed by atoms with Gasteiger partial charge in [-0.15, -0.1) is 0 Å². The van der Waals surface area contributed by atoms with E-state index in [0.29, 0.717) is 0 Å². The van der Waals surface area contributed by atoms with Crippen molar-refractivity contribution < 1.29 is 4.74 Å². The highest BCUT2D eigenvalue weighted by Crippen LogP contribution is 2.48. The lowest BCUT2D eigenvalue weighted by Crippen LogP contribution is -2.27. The van der Waals surface area contributed by atoms with Crippen LogP contribution in [0.3, 0.4) is 0 Å². The number of hydrogen-bond acceptors (Lipinski definition) is 3. The molecule has 0 saturated heterocycles. The molecule has 2 aliphatic heterocycles. The van der Waals surface area contributed by atoms with Gasteiger partial charge in [0, 0.05) is 90.0 Å². The zero-order valence-electron chi connectivity index (χ0n) is 31.5. The highest BCUT2D eigenvalue weighted by Gasteiger charge is 2.40. The highest BCUT2D eigenvalue weighted by atomic mass is 16.5. The highest BCUT2D eigenvalue weighted by molar-refractivity contribution is 6.17. The van der Waals surface area contributed by atoms with Crippen LogP contribution >= 0.6 is 0 Å². The van der Waals surface area contributed by atoms with Crippen molar-refractivity contribution in [2.45, 2.75) is 78.1 Å². The second-order valence-corrected chi connectivity index (χ2v) is 15.4. The Morgan fingerprint density at radius 2 is 1.37 bits per heavy atom. The fourth-order valence-corrected chi connectivity index (χ4v) is 8.21. The number of fused-ring (bicyclic) bond motifs is 2. The molecule has 51 heavy (non-hydrogen) atoms. The van der Waals surface area contributed by atoms with Crippen LogP contribution in [0.5, 0.6) is 0 Å². The lowest BCUT2D eigenvalue weighted by atomic mass is 9.79. The van der Waals surface area contributed by atoms with Gasteiger partial charge in [-0.25, -0.2) is 0 Å². The molecule has 1 fully saturated rings. The summed E-state index contributed by atoms with van der Waals surface area (Å²) in [5.74, 6) is 0. The van der Waals surface area contributed by atoms with Gasteiger partial charge in [0.25, 0.3) is 0 Å². The van der Waals surface area contributed by atoms with E-state index in [-0.39, 0.29) is 10.8 Å². The van der Waals surface area contributed by atoms with Crippen LogP contribution in [-0.4, -0.2) is 31.7 Å². The van der Waals surface area contributed by atoms with Crippen molar-refractivity contribution in [2.75, 3.05) is 25.2 Å². The molecule has 7 rings (SSSR count). The summed E-state index contributed by atoms with van der Waals surface area (Å²) in [6.07, 6.45) is 11.1. The molecular formula is C47H52N3O+. The summed E-state index contributed by atoms with van der Waals surface area (Å²) in [5.41, 5.74) is 16.4. The van der Waals surface area contributed by atoms with Crippen LogP contribution < -0.4 is 9.48 Å². The van der Waals surface area contributed by atoms with E-state index in [9.17, 15) is 0 Å². The van der Waals surface area contributed by atoms with E-state index >= 15 is 0 Å². The van der Waals surface area contributed by atoms with E-state index < -0.39 is 0 Å². The number of ether oxygens (including phenoxy) is 1. The number of para-hydroxylation sites is 2. The van der Waals surface area contributed by atoms with E-state index in [4.69, 9.17) is 9.73 Å². The Labute approximate surface area is 305 Å². The number of aliphatic imine (C=N–C) groups is 1. The van der Waals surface area contributed by atoms with Gasteiger partial charge < -0.3 is 9.64 Å². The summed E-state index contributed by atoms with van der Waals surface area (Å²) in [6.45, 7) is 15.4. The third kappa shape index (κ3) is 6.58. The summed E-state index contributed by atoms with van der Waals surface area (Å²) in [7, 11) is 1.79. The minimum absolute atomic E-state index is 0.105. The molecule has 0 spiro atoms. The van der Waals surface area contributed by atoms with Gasteiger partial charge in [0.2, 0.25) is 17.1 Å². The Morgan fingerprint density at radius 1 is 0.745 bits per heavy atom. The lowest BCUT2D eigenvalue weighted by molar-refractivity contribution is 0.196. The first kappa shape index (κ1) is 34.6. The molecule has 0 atom stereocenters. The van der Waals surface area contributed by atoms with E-state index in [1.165, 1.54) is 56.2 Å². The molecule has 0 N–H and O–H groups in total. The van der Waals surface area contributed by atoms with Gasteiger partial charge in [-0.05, 0) is 62.4 Å². The molecule has 0 bridgehead atoms. The Morgan fingerprint density at radius 3 is 2.04 bits per heavy atom. The summed E-state index contributed by atoms with van der Waals surface area (Å²) in [5, 5.41) is 0. The number of nitrogens with zero attached hydrogens (tertiary/aromatic N) is 3. The first-order valence-electron chi connectivity index (χ1n) is 18.5. The predicted octanol–water partition coefficient (Wildman–Crippen LogP) is 11.4. The zero-order valence-corrected chi connectivity index (χ0v) is 31.5. The monoisotopic (exact) mass is 674 g/mol. The molecule has 2 heterocycles. The molecule has 4 aromatic rings. The van der Waals surface area contributed by atoms with E-state index in [2.05, 4.69) is 166 Å². The van der Waals surface area contributed by atoms with E-state index in [1.54, 1.807) is 7.11 Å². The lowest BCUT2D eigenvalue weighted by Gasteiger charge is -2.27. The van der Waals surface area contributed by atoms with Gasteiger partial charge in [0.1, 0.15) is 0 Å². The minimum atomic E-state index is -0.124. The van der Waals surface area contributed by atoms with Crippen LogP contribution in [0.1, 0.15) is 75.6 Å². The average Bonchev–Trinajstić information content (AvgIpc) is 3.70. The molecule has 1 saturated carbocycles. The first-order valence-corrected chi connectivity index (χ1v) is 18.5. The van der Waals surface area contributed by atoms with E-state index in [0.717, 1.165) is 55.9 Å². The van der Waals surface area contributed by atoms with Crippen molar-refractivity contribution in [1.29, 1.82) is 0 Å². The van der Waals surface area contributed by atoms with Crippen molar-refractivity contribution in [3.05, 3.63) is 154 Å². The first-order chi connectivity index (χ1) is 24.6. The fourth-order valence-electron chi connectivity index (χ4n) is 8.21. The number of rotatable bonds is 9. The number of anilines is 1. The van der Waals surface area contributed by atoms with Gasteiger partial charge in [-0.1, -0.05) is 112 Å². The zero-order chi connectivity index (χ0) is 35.8. The van der Waals surface area contributed by atoms with Gasteiger partial charge in [-0.3, -0.25) is 4.99 Å². The summed E-state index contributed by atoms with van der Waals surface area (Å²) in [6, 6.07) is 35.3. The Bertz CT molecular complexity index is 2050. The van der Waals surface area contributed by atoms with Gasteiger partial charge in [-0.2, -0.15) is 4.58 Å². The second kappa shape index (κ2) is 14.1. The number of hydrogen-bond donors (Lipinski definition) is 0. The third-order valence-corrected chi connectivity index (χ3v) is 11.1. The van der Waals surface area contributed by atoms with Crippen molar-refractivity contribution in [3.8, 4) is 0 Å². The number of benzene rings is 4. The van der Waals surface area contributed by atoms with Crippen molar-refractivity contribution >= 4 is 34.2 Å². The second-order valence-electron chi connectivity index (χ2n) is 15.4. The van der Waals surface area contributed by atoms with Crippen LogP contribution in [0.4, 0.5) is 22.7 Å². The van der Waals surface area contributed by atoms with Crippen molar-refractivity contribution in [3.63, 3.8) is 0 Å². The summed E-state index contributed by atoms with van der Waals surface area (Å²) >= 11 is 0. The van der Waals surface area contributed by atoms with Crippen LogP contribution in [0.15, 0.2) is 137 Å². The largest absolute Gasteiger partial charge is 0.385 e. The van der Waals surface area contributed by atoms with Gasteiger partial charge in [0.15, 0.2) is 0 Å². The molecule has 4 nitrogen and oxygen atoms in total. The van der Waals surface area contributed by atoms with Crippen molar-refractivity contribution in [2.24, 2.45) is 4.99 Å². The van der Waals surface area contributed by atoms with Crippen molar-refractivity contribution in [1.82, 2.24) is 4.58 Å². The third-order valence-electron chi connectivity index (χ3n) is 11.1. The summed E-state index contributed by atoms with van der Waals surface area (Å²) < 4.78 is 7.96. The maximum Gasteiger partial charge on any atom is 0.217 e. The molecule has 3 aliphatic rings. The maximum atomic E-state index is 5.49. The molecule has 0 unspecified atom stereocenters. The molecule has 0 aromatic heterocycles. The minimum Gasteiger partial charge on any atom is -0.385 e. The molecule has 0 radical (unpaired) electrons. The van der Waals surface area contributed by atoms with Crippen LogP contribution in [0, 0.1) is 13.8 Å². The van der Waals surface area contributed by atoms with Gasteiger partial charge in [0.05, 0.1) is 5.69 Å².